The van der Waals surface area contributed by atoms with Crippen molar-refractivity contribution in [1.29, 1.82) is 0 Å². The van der Waals surface area contributed by atoms with Crippen LogP contribution >= 0.6 is 0 Å². The Morgan fingerprint density at radius 2 is 1.84 bits per heavy atom. The van der Waals surface area contributed by atoms with E-state index in [1.807, 2.05) is 0 Å². The highest BCUT2D eigenvalue weighted by Crippen LogP contribution is 2.44. The normalized spacial score (nSPS) is 24.7. The third-order valence-corrected chi connectivity index (χ3v) is 9.05. The van der Waals surface area contributed by atoms with Crippen LogP contribution in [0.25, 0.3) is 21.9 Å². The maximum Gasteiger partial charge on any atom is 0.494 e. The van der Waals surface area contributed by atoms with Gasteiger partial charge in [0.2, 0.25) is 0 Å². The van der Waals surface area contributed by atoms with Gasteiger partial charge in [-0.2, -0.15) is 0 Å². The van der Waals surface area contributed by atoms with Crippen molar-refractivity contribution in [3.05, 3.63) is 53.6 Å². The van der Waals surface area contributed by atoms with E-state index in [4.69, 9.17) is 23.8 Å². The number of rotatable bonds is 4. The summed E-state index contributed by atoms with van der Waals surface area (Å²) < 4.78 is 24.8. The van der Waals surface area contributed by atoms with Gasteiger partial charge in [-0.1, -0.05) is 24.3 Å². The number of aliphatic imine (C=N–C) groups is 1. The maximum absolute atomic E-state index is 6.34. The Bertz CT molecular complexity index is 1460. The van der Waals surface area contributed by atoms with E-state index in [-0.39, 0.29) is 30.5 Å². The van der Waals surface area contributed by atoms with Crippen LogP contribution in [0.2, 0.25) is 0 Å². The van der Waals surface area contributed by atoms with E-state index in [0.29, 0.717) is 6.61 Å². The number of benzene rings is 3. The van der Waals surface area contributed by atoms with Crippen LogP contribution in [0.3, 0.4) is 0 Å². The number of nitrogens with zero attached hydrogens (tertiary/aromatic N) is 1. The fraction of sp³-hybridized carbons (Fsp3) is 0.452. The van der Waals surface area contributed by atoms with Crippen LogP contribution in [0.1, 0.15) is 52.2 Å². The zero-order chi connectivity index (χ0) is 26.2. The average Bonchev–Trinajstić information content (AvgIpc) is 3.58. The lowest BCUT2D eigenvalue weighted by Crippen LogP contribution is -2.41. The summed E-state index contributed by atoms with van der Waals surface area (Å²) in [7, 11) is -0.377. The van der Waals surface area contributed by atoms with Crippen molar-refractivity contribution in [2.45, 2.75) is 77.4 Å². The first kappa shape index (κ1) is 24.3. The highest BCUT2D eigenvalue weighted by atomic mass is 16.7. The molecular weight excluding hydrogens is 475 g/mol. The molecule has 0 aromatic heterocycles. The lowest BCUT2D eigenvalue weighted by molar-refractivity contribution is 0.00578. The van der Waals surface area contributed by atoms with Gasteiger partial charge in [-0.25, -0.2) is 0 Å². The second-order valence-corrected chi connectivity index (χ2v) is 12.0. The summed E-state index contributed by atoms with van der Waals surface area (Å²) in [6, 6.07) is 15.6. The van der Waals surface area contributed by atoms with Gasteiger partial charge in [-0.15, -0.1) is 0 Å². The van der Waals surface area contributed by atoms with Crippen LogP contribution in [0.15, 0.2) is 47.5 Å². The molecule has 38 heavy (non-hydrogen) atoms. The summed E-state index contributed by atoms with van der Waals surface area (Å²) in [6.45, 7) is 12.6. The number of hydrogen-bond acceptors (Lipinski definition) is 6. The van der Waals surface area contributed by atoms with Crippen molar-refractivity contribution in [2.24, 2.45) is 4.99 Å². The van der Waals surface area contributed by atoms with Gasteiger partial charge < -0.3 is 24.1 Å². The van der Waals surface area contributed by atoms with Crippen molar-refractivity contribution >= 4 is 34.8 Å². The van der Waals surface area contributed by atoms with E-state index in [9.17, 15) is 0 Å². The smallest absolute Gasteiger partial charge is 0.488 e. The first-order valence-electron chi connectivity index (χ1n) is 13.9. The SMILES string of the molecule is CCO[C@@H]1CN[C@H](C2=Nc3ccc4cc5c(cc4c3C2)OCc2cc(B3OC(C)(C)C(C)(C)O3)ccc2-5)C1. The van der Waals surface area contributed by atoms with E-state index in [2.05, 4.69) is 82.4 Å². The van der Waals surface area contributed by atoms with Crippen LogP contribution in [0, 0.1) is 0 Å². The van der Waals surface area contributed by atoms with Crippen molar-refractivity contribution < 1.29 is 18.8 Å². The topological polar surface area (TPSA) is 61.3 Å². The molecule has 6 nitrogen and oxygen atoms in total. The summed E-state index contributed by atoms with van der Waals surface area (Å²) in [5, 5.41) is 6.06. The summed E-state index contributed by atoms with van der Waals surface area (Å²) in [5.74, 6) is 0.936. The highest BCUT2D eigenvalue weighted by molar-refractivity contribution is 6.62. The zero-order valence-corrected chi connectivity index (χ0v) is 22.9. The number of hydrogen-bond donors (Lipinski definition) is 1. The molecule has 1 N–H and O–H groups in total. The molecule has 196 valence electrons. The van der Waals surface area contributed by atoms with Gasteiger partial charge in [-0.3, -0.25) is 4.99 Å². The molecule has 3 aromatic carbocycles. The molecule has 0 radical (unpaired) electrons. The third-order valence-electron chi connectivity index (χ3n) is 9.05. The second kappa shape index (κ2) is 8.65. The predicted molar refractivity (Wildman–Crippen MR) is 152 cm³/mol. The molecule has 0 amide bonds. The monoisotopic (exact) mass is 510 g/mol. The lowest BCUT2D eigenvalue weighted by atomic mass is 9.77. The fourth-order valence-corrected chi connectivity index (χ4v) is 6.20. The fourth-order valence-electron chi connectivity index (χ4n) is 6.20. The zero-order valence-electron chi connectivity index (χ0n) is 22.9. The Hall–Kier alpha value is -2.71. The van der Waals surface area contributed by atoms with Gasteiger partial charge in [0.15, 0.2) is 0 Å². The Labute approximate surface area is 224 Å². The molecule has 0 aliphatic carbocycles. The van der Waals surface area contributed by atoms with Crippen LogP contribution < -0.4 is 15.5 Å². The summed E-state index contributed by atoms with van der Waals surface area (Å²) in [6.07, 6.45) is 2.14. The molecule has 0 spiro atoms. The van der Waals surface area contributed by atoms with E-state index >= 15 is 0 Å². The van der Waals surface area contributed by atoms with Gasteiger partial charge in [-0.05, 0) is 92.2 Å². The van der Waals surface area contributed by atoms with Crippen LogP contribution in [0.5, 0.6) is 5.75 Å². The average molecular weight is 510 g/mol. The molecule has 4 heterocycles. The van der Waals surface area contributed by atoms with Gasteiger partial charge in [0.25, 0.3) is 0 Å². The Morgan fingerprint density at radius 1 is 1.03 bits per heavy atom. The highest BCUT2D eigenvalue weighted by Gasteiger charge is 2.51. The van der Waals surface area contributed by atoms with E-state index in [1.54, 1.807) is 0 Å². The lowest BCUT2D eigenvalue weighted by Gasteiger charge is -2.32. The molecule has 7 heteroatoms. The minimum absolute atomic E-state index is 0.277. The van der Waals surface area contributed by atoms with E-state index in [0.717, 1.165) is 54.0 Å². The molecule has 4 aliphatic rings. The van der Waals surface area contributed by atoms with E-state index < -0.39 is 0 Å². The molecule has 2 fully saturated rings. The number of nitrogens with one attached hydrogen (secondary N) is 1. The molecule has 2 saturated heterocycles. The van der Waals surface area contributed by atoms with Crippen molar-refractivity contribution in [1.82, 2.24) is 5.32 Å². The first-order valence-corrected chi connectivity index (χ1v) is 13.9. The van der Waals surface area contributed by atoms with Gasteiger partial charge in [0.05, 0.1) is 23.0 Å². The molecule has 0 unspecified atom stereocenters. The minimum Gasteiger partial charge on any atom is -0.488 e. The molecule has 0 bridgehead atoms. The summed E-state index contributed by atoms with van der Waals surface area (Å²) in [4.78, 5) is 5.03. The molecule has 7 rings (SSSR count). The molecule has 0 saturated carbocycles. The molecular formula is C31H35BN2O4. The van der Waals surface area contributed by atoms with Crippen LogP contribution in [-0.2, 0) is 27.1 Å². The third kappa shape index (κ3) is 3.82. The number of fused-ring (bicyclic) bond motifs is 6. The molecule has 2 atom stereocenters. The first-order chi connectivity index (χ1) is 18.2. The van der Waals surface area contributed by atoms with Crippen LogP contribution in [0.4, 0.5) is 5.69 Å². The Balaban J connectivity index is 1.18. The van der Waals surface area contributed by atoms with Crippen molar-refractivity contribution in [3.63, 3.8) is 0 Å². The minimum atomic E-state index is -0.377. The summed E-state index contributed by atoms with van der Waals surface area (Å²) in [5.41, 5.74) is 7.41. The van der Waals surface area contributed by atoms with Crippen molar-refractivity contribution in [3.8, 4) is 16.9 Å². The molecule has 3 aromatic rings. The number of ether oxygens (including phenoxy) is 2. The maximum atomic E-state index is 6.34. The van der Waals surface area contributed by atoms with Gasteiger partial charge >= 0.3 is 7.12 Å². The van der Waals surface area contributed by atoms with E-state index in [1.165, 1.54) is 27.6 Å². The Morgan fingerprint density at radius 3 is 2.63 bits per heavy atom. The predicted octanol–water partition coefficient (Wildman–Crippen LogP) is 5.09. The van der Waals surface area contributed by atoms with Gasteiger partial charge in [0, 0.05) is 36.9 Å². The summed E-state index contributed by atoms with van der Waals surface area (Å²) >= 11 is 0. The van der Waals surface area contributed by atoms with Crippen LogP contribution in [-0.4, -0.2) is 49.3 Å². The molecule has 4 aliphatic heterocycles. The second-order valence-electron chi connectivity index (χ2n) is 12.0. The Kier molecular flexibility index (Phi) is 5.54. The standard InChI is InChI=1S/C31H35BN2O4/c1-6-35-21-13-27(33-16-21)28-14-24-23-15-29-25(12-18(23)7-10-26(24)34-28)22-9-8-20(11-19(22)17-36-29)32-37-30(2,3)31(4,5)38-32/h7-12,15,21,27,33H,6,13-14,16-17H2,1-5H3/t21-,27-/m0/s1. The van der Waals surface area contributed by atoms with Crippen molar-refractivity contribution in [2.75, 3.05) is 13.2 Å². The largest absolute Gasteiger partial charge is 0.494 e. The quantitative estimate of drug-likeness (QED) is 0.496. The van der Waals surface area contributed by atoms with Gasteiger partial charge in [0.1, 0.15) is 12.4 Å².